The average molecular weight is 281 g/mol. The molecule has 6 nitrogen and oxygen atoms in total. The summed E-state index contributed by atoms with van der Waals surface area (Å²) in [7, 11) is 0. The van der Waals surface area contributed by atoms with Crippen molar-refractivity contribution in [1.29, 1.82) is 0 Å². The second kappa shape index (κ2) is 6.19. The number of aromatic nitrogens is 2. The Morgan fingerprint density at radius 1 is 1.47 bits per heavy atom. The van der Waals surface area contributed by atoms with Crippen molar-refractivity contribution in [3.63, 3.8) is 0 Å². The number of aryl methyl sites for hydroxylation is 1. The maximum atomic E-state index is 10.9. The zero-order valence-electron chi connectivity index (χ0n) is 10.1. The molecule has 100 valence electrons. The van der Waals surface area contributed by atoms with Crippen LogP contribution < -0.4 is 5.32 Å². The SMILES string of the molecule is O=[N+]([O-])c1cc(Cl)ccc1NCCCn1ccnc1. The minimum Gasteiger partial charge on any atom is -0.379 e. The number of nitrogens with one attached hydrogen (secondary N) is 1. The van der Waals surface area contributed by atoms with Crippen LogP contribution in [0.2, 0.25) is 5.02 Å². The molecule has 0 saturated carbocycles. The predicted molar refractivity (Wildman–Crippen MR) is 73.4 cm³/mol. The second-order valence-electron chi connectivity index (χ2n) is 4.00. The van der Waals surface area contributed by atoms with Crippen LogP contribution in [0.1, 0.15) is 6.42 Å². The molecule has 1 aromatic heterocycles. The quantitative estimate of drug-likeness (QED) is 0.501. The predicted octanol–water partition coefficient (Wildman–Crippen LogP) is 2.95. The molecule has 0 amide bonds. The molecule has 0 aliphatic rings. The summed E-state index contributed by atoms with van der Waals surface area (Å²) in [6.45, 7) is 1.45. The van der Waals surface area contributed by atoms with Crippen LogP contribution in [0.5, 0.6) is 0 Å². The van der Waals surface area contributed by atoms with Crippen molar-refractivity contribution in [2.45, 2.75) is 13.0 Å². The van der Waals surface area contributed by atoms with Crippen molar-refractivity contribution in [3.8, 4) is 0 Å². The molecule has 2 rings (SSSR count). The van der Waals surface area contributed by atoms with Gasteiger partial charge in [-0.1, -0.05) is 11.6 Å². The zero-order valence-corrected chi connectivity index (χ0v) is 10.9. The maximum absolute atomic E-state index is 10.9. The maximum Gasteiger partial charge on any atom is 0.293 e. The number of hydrogen-bond donors (Lipinski definition) is 1. The van der Waals surface area contributed by atoms with Crippen molar-refractivity contribution < 1.29 is 4.92 Å². The summed E-state index contributed by atoms with van der Waals surface area (Å²) in [4.78, 5) is 14.4. The van der Waals surface area contributed by atoms with Crippen LogP contribution in [-0.2, 0) is 6.54 Å². The molecular formula is C12H13ClN4O2. The summed E-state index contributed by atoms with van der Waals surface area (Å²) < 4.78 is 1.96. The van der Waals surface area contributed by atoms with E-state index in [1.807, 2.05) is 10.8 Å². The van der Waals surface area contributed by atoms with E-state index in [1.54, 1.807) is 24.7 Å². The fourth-order valence-corrected chi connectivity index (χ4v) is 1.88. The van der Waals surface area contributed by atoms with Crippen LogP contribution in [0, 0.1) is 10.1 Å². The number of halogens is 1. The molecule has 0 atom stereocenters. The van der Waals surface area contributed by atoms with E-state index in [4.69, 9.17) is 11.6 Å². The number of nitrogens with zero attached hydrogens (tertiary/aromatic N) is 3. The van der Waals surface area contributed by atoms with Gasteiger partial charge in [-0.3, -0.25) is 10.1 Å². The number of hydrogen-bond acceptors (Lipinski definition) is 4. The molecule has 0 fully saturated rings. The third kappa shape index (κ3) is 3.69. The van der Waals surface area contributed by atoms with E-state index >= 15 is 0 Å². The monoisotopic (exact) mass is 280 g/mol. The first kappa shape index (κ1) is 13.4. The van der Waals surface area contributed by atoms with Gasteiger partial charge in [0, 0.05) is 36.6 Å². The van der Waals surface area contributed by atoms with Crippen molar-refractivity contribution in [1.82, 2.24) is 9.55 Å². The molecule has 0 spiro atoms. The Morgan fingerprint density at radius 2 is 2.32 bits per heavy atom. The van der Waals surface area contributed by atoms with E-state index in [9.17, 15) is 10.1 Å². The van der Waals surface area contributed by atoms with E-state index < -0.39 is 4.92 Å². The van der Waals surface area contributed by atoms with Gasteiger partial charge in [-0.15, -0.1) is 0 Å². The molecule has 0 aliphatic heterocycles. The lowest BCUT2D eigenvalue weighted by Crippen LogP contribution is -2.07. The van der Waals surface area contributed by atoms with Crippen molar-refractivity contribution in [2.24, 2.45) is 0 Å². The summed E-state index contributed by atoms with van der Waals surface area (Å²) in [6.07, 6.45) is 6.18. The molecule has 7 heteroatoms. The number of imidazole rings is 1. The van der Waals surface area contributed by atoms with Gasteiger partial charge in [-0.05, 0) is 18.6 Å². The molecule has 0 aliphatic carbocycles. The van der Waals surface area contributed by atoms with Crippen LogP contribution in [0.15, 0.2) is 36.9 Å². The molecule has 0 bridgehead atoms. The molecule has 1 heterocycles. The highest BCUT2D eigenvalue weighted by Crippen LogP contribution is 2.27. The topological polar surface area (TPSA) is 73.0 Å². The van der Waals surface area contributed by atoms with Crippen LogP contribution in [0.25, 0.3) is 0 Å². The summed E-state index contributed by atoms with van der Waals surface area (Å²) in [5, 5.41) is 14.3. The molecule has 1 aromatic carbocycles. The fraction of sp³-hybridized carbons (Fsp3) is 0.250. The van der Waals surface area contributed by atoms with E-state index in [0.29, 0.717) is 17.3 Å². The normalized spacial score (nSPS) is 10.4. The summed E-state index contributed by atoms with van der Waals surface area (Å²) in [5.74, 6) is 0. The number of nitro groups is 1. The molecular weight excluding hydrogens is 268 g/mol. The van der Waals surface area contributed by atoms with E-state index in [-0.39, 0.29) is 5.69 Å². The van der Waals surface area contributed by atoms with Crippen molar-refractivity contribution in [3.05, 3.63) is 52.1 Å². The zero-order chi connectivity index (χ0) is 13.7. The Hall–Kier alpha value is -2.08. The second-order valence-corrected chi connectivity index (χ2v) is 4.44. The summed E-state index contributed by atoms with van der Waals surface area (Å²) in [5.41, 5.74) is 0.482. The van der Waals surface area contributed by atoms with Crippen LogP contribution in [0.4, 0.5) is 11.4 Å². The first-order chi connectivity index (χ1) is 9.16. The number of nitro benzene ring substituents is 1. The third-order valence-electron chi connectivity index (χ3n) is 2.62. The van der Waals surface area contributed by atoms with Crippen LogP contribution >= 0.6 is 11.6 Å². The Balaban J connectivity index is 1.90. The lowest BCUT2D eigenvalue weighted by molar-refractivity contribution is -0.383. The Bertz CT molecular complexity index is 557. The van der Waals surface area contributed by atoms with Gasteiger partial charge in [0.25, 0.3) is 5.69 Å². The first-order valence-electron chi connectivity index (χ1n) is 5.80. The lowest BCUT2D eigenvalue weighted by Gasteiger charge is -2.07. The number of benzene rings is 1. The minimum absolute atomic E-state index is 0.00451. The largest absolute Gasteiger partial charge is 0.379 e. The van der Waals surface area contributed by atoms with Crippen molar-refractivity contribution in [2.75, 3.05) is 11.9 Å². The summed E-state index contributed by atoms with van der Waals surface area (Å²) in [6, 6.07) is 4.60. The molecule has 19 heavy (non-hydrogen) atoms. The highest BCUT2D eigenvalue weighted by Gasteiger charge is 2.13. The van der Waals surface area contributed by atoms with Crippen LogP contribution in [0.3, 0.4) is 0 Å². The van der Waals surface area contributed by atoms with Gasteiger partial charge < -0.3 is 9.88 Å². The molecule has 2 aromatic rings. The molecule has 1 N–H and O–H groups in total. The van der Waals surface area contributed by atoms with E-state index in [0.717, 1.165) is 13.0 Å². The molecule has 0 unspecified atom stereocenters. The smallest absolute Gasteiger partial charge is 0.293 e. The standard InChI is InChI=1S/C12H13ClN4O2/c13-10-2-3-11(12(8-10)17(18)19)15-4-1-6-16-7-5-14-9-16/h2-3,5,7-9,15H,1,4,6H2. The minimum atomic E-state index is -0.440. The Morgan fingerprint density at radius 3 is 3.00 bits per heavy atom. The van der Waals surface area contributed by atoms with E-state index in [1.165, 1.54) is 6.07 Å². The van der Waals surface area contributed by atoms with Gasteiger partial charge in [0.1, 0.15) is 5.69 Å². The van der Waals surface area contributed by atoms with E-state index in [2.05, 4.69) is 10.3 Å². The lowest BCUT2D eigenvalue weighted by atomic mass is 10.2. The van der Waals surface area contributed by atoms with Gasteiger partial charge in [0.05, 0.1) is 11.3 Å². The van der Waals surface area contributed by atoms with Gasteiger partial charge in [-0.25, -0.2) is 4.98 Å². The number of rotatable bonds is 6. The molecule has 0 radical (unpaired) electrons. The Kier molecular flexibility index (Phi) is 4.35. The highest BCUT2D eigenvalue weighted by atomic mass is 35.5. The van der Waals surface area contributed by atoms with Gasteiger partial charge in [0.15, 0.2) is 0 Å². The summed E-state index contributed by atoms with van der Waals surface area (Å²) >= 11 is 5.75. The van der Waals surface area contributed by atoms with Gasteiger partial charge >= 0.3 is 0 Å². The van der Waals surface area contributed by atoms with Gasteiger partial charge in [0.2, 0.25) is 0 Å². The van der Waals surface area contributed by atoms with Gasteiger partial charge in [-0.2, -0.15) is 0 Å². The highest BCUT2D eigenvalue weighted by molar-refractivity contribution is 6.30. The molecule has 0 saturated heterocycles. The number of anilines is 1. The fourth-order valence-electron chi connectivity index (χ4n) is 1.71. The average Bonchev–Trinajstić information content (AvgIpc) is 2.89. The van der Waals surface area contributed by atoms with Crippen molar-refractivity contribution >= 4 is 23.0 Å². The third-order valence-corrected chi connectivity index (χ3v) is 2.86. The first-order valence-corrected chi connectivity index (χ1v) is 6.18. The Labute approximate surface area is 115 Å². The van der Waals surface area contributed by atoms with Crippen LogP contribution in [-0.4, -0.2) is 21.0 Å².